The maximum atomic E-state index is 12.9. The number of carboxylic acids is 1. The minimum atomic E-state index is -1.03. The highest BCUT2D eigenvalue weighted by Gasteiger charge is 2.27. The third-order valence-electron chi connectivity index (χ3n) is 4.01. The van der Waals surface area contributed by atoms with E-state index in [1.165, 1.54) is 15.8 Å². The first-order valence-electron chi connectivity index (χ1n) is 9.96. The number of carbonyl (C=O) groups excluding carboxylic acids is 1. The quantitative estimate of drug-likeness (QED) is 0.444. The predicted molar refractivity (Wildman–Crippen MR) is 115 cm³/mol. The van der Waals surface area contributed by atoms with Crippen molar-refractivity contribution in [3.05, 3.63) is 19.0 Å². The van der Waals surface area contributed by atoms with E-state index in [1.54, 1.807) is 26.8 Å². The van der Waals surface area contributed by atoms with Gasteiger partial charge in [-0.05, 0) is 27.2 Å². The Kier molecular flexibility index (Phi) is 7.73. The van der Waals surface area contributed by atoms with Crippen LogP contribution in [0.2, 0.25) is 0 Å². The molecule has 2 heterocycles. The number of aromatic nitrogens is 4. The lowest BCUT2D eigenvalue weighted by Crippen LogP contribution is -2.38. The molecule has 0 unspecified atom stereocenters. The van der Waals surface area contributed by atoms with Crippen LogP contribution in [0.25, 0.3) is 11.2 Å². The molecule has 0 aliphatic heterocycles. The zero-order valence-electron chi connectivity index (χ0n) is 18.0. The molecule has 0 atom stereocenters. The van der Waals surface area contributed by atoms with E-state index in [0.717, 1.165) is 19.3 Å². The van der Waals surface area contributed by atoms with E-state index in [1.807, 2.05) is 0 Å². The van der Waals surface area contributed by atoms with Gasteiger partial charge in [0.15, 0.2) is 17.0 Å². The van der Waals surface area contributed by atoms with E-state index in [0.29, 0.717) is 30.1 Å². The highest BCUT2D eigenvalue weighted by molar-refractivity contribution is 5.90. The number of ether oxygens (including phenoxy) is 1. The maximum absolute atomic E-state index is 12.9. The van der Waals surface area contributed by atoms with Crippen LogP contribution >= 0.6 is 0 Å². The molecule has 2 aromatic rings. The van der Waals surface area contributed by atoms with E-state index in [-0.39, 0.29) is 12.5 Å². The van der Waals surface area contributed by atoms with Crippen LogP contribution < -0.4 is 10.2 Å². The van der Waals surface area contributed by atoms with Gasteiger partial charge in [-0.2, -0.15) is 9.97 Å². The molecule has 0 aromatic carbocycles. The summed E-state index contributed by atoms with van der Waals surface area (Å²) in [5.74, 6) is -0.503. The molecule has 0 bridgehead atoms. The molecule has 30 heavy (non-hydrogen) atoms. The van der Waals surface area contributed by atoms with Crippen LogP contribution in [0.5, 0.6) is 0 Å². The molecule has 2 rings (SSSR count). The molecule has 0 fully saturated rings. The van der Waals surface area contributed by atoms with Crippen LogP contribution in [0.4, 0.5) is 16.6 Å². The van der Waals surface area contributed by atoms with Gasteiger partial charge in [0.2, 0.25) is 5.95 Å². The van der Waals surface area contributed by atoms with Crippen molar-refractivity contribution in [2.75, 3.05) is 23.3 Å². The fourth-order valence-corrected chi connectivity index (χ4v) is 2.72. The van der Waals surface area contributed by atoms with Crippen molar-refractivity contribution >= 4 is 35.0 Å². The number of carboxylic acid groups (broad SMARTS) is 1. The maximum Gasteiger partial charge on any atom is 0.417 e. The number of aliphatic carboxylic acids is 1. The van der Waals surface area contributed by atoms with Crippen molar-refractivity contribution < 1.29 is 19.4 Å². The molecule has 1 amide bonds. The third kappa shape index (κ3) is 6.16. The molecule has 0 saturated carbocycles. The highest BCUT2D eigenvalue weighted by atomic mass is 16.6. The normalized spacial score (nSPS) is 11.3. The topological polar surface area (TPSA) is 122 Å². The van der Waals surface area contributed by atoms with Gasteiger partial charge >= 0.3 is 12.1 Å². The summed E-state index contributed by atoms with van der Waals surface area (Å²) in [7, 11) is 0. The predicted octanol–water partition coefficient (Wildman–Crippen LogP) is 3.44. The second-order valence-corrected chi connectivity index (χ2v) is 7.82. The molecule has 0 saturated heterocycles. The summed E-state index contributed by atoms with van der Waals surface area (Å²) < 4.78 is 6.95. The summed E-state index contributed by atoms with van der Waals surface area (Å²) in [5, 5.41) is 12.3. The number of imidazole rings is 1. The Bertz CT molecular complexity index is 903. The average molecular weight is 418 g/mol. The van der Waals surface area contributed by atoms with E-state index >= 15 is 0 Å². The number of amides is 1. The molecular formula is C20H30N6O4. The van der Waals surface area contributed by atoms with Crippen LogP contribution in [0.15, 0.2) is 19.0 Å². The van der Waals surface area contributed by atoms with Crippen molar-refractivity contribution in [2.45, 2.75) is 59.1 Å². The lowest BCUT2D eigenvalue weighted by atomic mass is 10.2. The standard InChI is InChI=1S/C20H30N6O4/c1-6-8-9-11-26(19(29)30-20(3,4)5)18-23-16(21-10-7-2)15-17(24-18)25(13-22-15)12-14(27)28/h7,13H,2,6,8-12H2,1,3-5H3,(H,27,28)(H,21,23,24). The summed E-state index contributed by atoms with van der Waals surface area (Å²) in [6.07, 6.45) is 5.16. The minimum absolute atomic E-state index is 0.131. The van der Waals surface area contributed by atoms with E-state index in [4.69, 9.17) is 4.74 Å². The lowest BCUT2D eigenvalue weighted by Gasteiger charge is -2.26. The van der Waals surface area contributed by atoms with Crippen LogP contribution in [0.1, 0.15) is 47.0 Å². The summed E-state index contributed by atoms with van der Waals surface area (Å²) in [4.78, 5) is 38.7. The summed E-state index contributed by atoms with van der Waals surface area (Å²) in [6, 6.07) is 0. The first kappa shape index (κ1) is 23.1. The van der Waals surface area contributed by atoms with E-state index in [9.17, 15) is 14.7 Å². The van der Waals surface area contributed by atoms with Crippen LogP contribution in [0, 0.1) is 0 Å². The van der Waals surface area contributed by atoms with Crippen LogP contribution in [-0.2, 0) is 16.1 Å². The molecular weight excluding hydrogens is 388 g/mol. The molecule has 2 N–H and O–H groups in total. The molecule has 0 aliphatic carbocycles. The number of rotatable bonds is 10. The van der Waals surface area contributed by atoms with Crippen molar-refractivity contribution in [2.24, 2.45) is 0 Å². The Balaban J connectivity index is 2.54. The Labute approximate surface area is 176 Å². The Morgan fingerprint density at radius 2 is 2.07 bits per heavy atom. The minimum Gasteiger partial charge on any atom is -0.480 e. The molecule has 10 heteroatoms. The molecule has 2 aromatic heterocycles. The van der Waals surface area contributed by atoms with Gasteiger partial charge < -0.3 is 19.7 Å². The highest BCUT2D eigenvalue weighted by Crippen LogP contribution is 2.24. The van der Waals surface area contributed by atoms with E-state index in [2.05, 4.69) is 33.8 Å². The number of hydrogen-bond donors (Lipinski definition) is 2. The zero-order valence-corrected chi connectivity index (χ0v) is 18.0. The van der Waals surface area contributed by atoms with Crippen molar-refractivity contribution in [1.29, 1.82) is 0 Å². The number of nitrogens with one attached hydrogen (secondary N) is 1. The van der Waals surface area contributed by atoms with Crippen molar-refractivity contribution in [3.8, 4) is 0 Å². The Hall–Kier alpha value is -3.17. The van der Waals surface area contributed by atoms with Gasteiger partial charge in [0.05, 0.1) is 6.33 Å². The molecule has 10 nitrogen and oxygen atoms in total. The number of nitrogens with zero attached hydrogens (tertiary/aromatic N) is 5. The Morgan fingerprint density at radius 3 is 2.67 bits per heavy atom. The van der Waals surface area contributed by atoms with Gasteiger partial charge in [-0.3, -0.25) is 4.79 Å². The van der Waals surface area contributed by atoms with Gasteiger partial charge in [0, 0.05) is 13.1 Å². The second-order valence-electron chi connectivity index (χ2n) is 7.82. The van der Waals surface area contributed by atoms with Gasteiger partial charge in [-0.25, -0.2) is 14.7 Å². The number of carbonyl (C=O) groups is 2. The average Bonchev–Trinajstić information content (AvgIpc) is 3.04. The first-order valence-corrected chi connectivity index (χ1v) is 9.96. The fourth-order valence-electron chi connectivity index (χ4n) is 2.72. The molecule has 0 aliphatic rings. The van der Waals surface area contributed by atoms with Crippen molar-refractivity contribution in [1.82, 2.24) is 19.5 Å². The SMILES string of the molecule is C=CCNc1nc(N(CCCCC)C(=O)OC(C)(C)C)nc2c1ncn2CC(=O)O. The molecule has 0 spiro atoms. The number of anilines is 2. The largest absolute Gasteiger partial charge is 0.480 e. The van der Waals surface area contributed by atoms with Crippen molar-refractivity contribution in [3.63, 3.8) is 0 Å². The third-order valence-corrected chi connectivity index (χ3v) is 4.01. The number of unbranched alkanes of at least 4 members (excludes halogenated alkanes) is 2. The number of fused-ring (bicyclic) bond motifs is 1. The zero-order chi connectivity index (χ0) is 22.3. The summed E-state index contributed by atoms with van der Waals surface area (Å²) >= 11 is 0. The molecule has 164 valence electrons. The van der Waals surface area contributed by atoms with E-state index < -0.39 is 17.7 Å². The second kappa shape index (κ2) is 10.0. The Morgan fingerprint density at radius 1 is 1.33 bits per heavy atom. The lowest BCUT2D eigenvalue weighted by molar-refractivity contribution is -0.137. The van der Waals surface area contributed by atoms with Crippen LogP contribution in [-0.4, -0.2) is 55.4 Å². The van der Waals surface area contributed by atoms with Gasteiger partial charge in [-0.1, -0.05) is 25.8 Å². The molecule has 0 radical (unpaired) electrons. The summed E-state index contributed by atoms with van der Waals surface area (Å²) in [6.45, 7) is 11.6. The first-order chi connectivity index (χ1) is 14.2. The van der Waals surface area contributed by atoms with Gasteiger partial charge in [0.25, 0.3) is 0 Å². The van der Waals surface area contributed by atoms with Crippen LogP contribution in [0.3, 0.4) is 0 Å². The fraction of sp³-hybridized carbons (Fsp3) is 0.550. The van der Waals surface area contributed by atoms with Gasteiger partial charge in [-0.15, -0.1) is 6.58 Å². The van der Waals surface area contributed by atoms with Gasteiger partial charge in [0.1, 0.15) is 12.1 Å². The number of hydrogen-bond acceptors (Lipinski definition) is 7. The smallest absolute Gasteiger partial charge is 0.417 e. The monoisotopic (exact) mass is 418 g/mol. The summed E-state index contributed by atoms with van der Waals surface area (Å²) in [5.41, 5.74) is 0.0525.